The Morgan fingerprint density at radius 1 is 1.50 bits per heavy atom. The van der Waals surface area contributed by atoms with Gasteiger partial charge in [-0.2, -0.15) is 4.31 Å². The summed E-state index contributed by atoms with van der Waals surface area (Å²) in [7, 11) is -2.02. The third-order valence-electron chi connectivity index (χ3n) is 2.82. The largest absolute Gasteiger partial charge is 0.466 e. The van der Waals surface area contributed by atoms with Crippen molar-refractivity contribution in [3.63, 3.8) is 0 Å². The van der Waals surface area contributed by atoms with Crippen molar-refractivity contribution in [3.05, 3.63) is 23.8 Å². The molecule has 0 aromatic heterocycles. The Balaban J connectivity index is 2.38. The summed E-state index contributed by atoms with van der Waals surface area (Å²) in [4.78, 5) is 11.5. The zero-order chi connectivity index (χ0) is 11.9. The van der Waals surface area contributed by atoms with Crippen molar-refractivity contribution in [1.82, 2.24) is 4.31 Å². The molecule has 16 heavy (non-hydrogen) atoms. The second kappa shape index (κ2) is 3.71. The molecule has 0 saturated heterocycles. The van der Waals surface area contributed by atoms with E-state index in [9.17, 15) is 13.2 Å². The average molecular weight is 243 g/mol. The van der Waals surface area contributed by atoms with Gasteiger partial charge in [0.25, 0.3) is 0 Å². The first-order chi connectivity index (χ1) is 7.45. The van der Waals surface area contributed by atoms with E-state index in [4.69, 9.17) is 0 Å². The maximum atomic E-state index is 11.6. The Labute approximate surface area is 94.4 Å². The van der Waals surface area contributed by atoms with E-state index in [1.54, 1.807) is 12.2 Å². The van der Waals surface area contributed by atoms with Crippen molar-refractivity contribution in [2.45, 2.75) is 18.5 Å². The molecule has 2 aliphatic rings. The Morgan fingerprint density at radius 3 is 2.75 bits per heavy atom. The standard InChI is InChI=1S/C10H13NO4S/c1-15-10(12)8-5-3-7-4-6-9(8)11(7)16(2,13)14/h4-7,9H,3H2,1-2H3/t7-,9-/m1/s1. The average Bonchev–Trinajstić information content (AvgIpc) is 2.53. The van der Waals surface area contributed by atoms with Crippen LogP contribution < -0.4 is 0 Å². The van der Waals surface area contributed by atoms with Crippen LogP contribution in [0.3, 0.4) is 0 Å². The summed E-state index contributed by atoms with van der Waals surface area (Å²) in [5.74, 6) is -0.469. The maximum absolute atomic E-state index is 11.6. The second-order valence-electron chi connectivity index (χ2n) is 3.88. The summed E-state index contributed by atoms with van der Waals surface area (Å²) in [6.07, 6.45) is 6.98. The van der Waals surface area contributed by atoms with Crippen LogP contribution in [0.25, 0.3) is 0 Å². The summed E-state index contributed by atoms with van der Waals surface area (Å²) in [6, 6.07) is -0.658. The topological polar surface area (TPSA) is 63.7 Å². The highest BCUT2D eigenvalue weighted by Gasteiger charge is 2.42. The van der Waals surface area contributed by atoms with E-state index >= 15 is 0 Å². The van der Waals surface area contributed by atoms with Crippen LogP contribution in [0.5, 0.6) is 0 Å². The van der Waals surface area contributed by atoms with Gasteiger partial charge in [-0.05, 0) is 6.42 Å². The van der Waals surface area contributed by atoms with Gasteiger partial charge in [-0.15, -0.1) is 0 Å². The van der Waals surface area contributed by atoms with Crippen LogP contribution in [0.4, 0.5) is 0 Å². The zero-order valence-corrected chi connectivity index (χ0v) is 9.90. The van der Waals surface area contributed by atoms with Crippen molar-refractivity contribution in [2.24, 2.45) is 0 Å². The van der Waals surface area contributed by atoms with Crippen molar-refractivity contribution >= 4 is 16.0 Å². The fraction of sp³-hybridized carbons (Fsp3) is 0.500. The summed E-state index contributed by atoms with van der Waals surface area (Å²) in [5.41, 5.74) is 0.401. The van der Waals surface area contributed by atoms with Crippen molar-refractivity contribution in [3.8, 4) is 0 Å². The number of rotatable bonds is 2. The first kappa shape index (κ1) is 11.3. The molecular weight excluding hydrogens is 230 g/mol. The second-order valence-corrected chi connectivity index (χ2v) is 5.76. The minimum atomic E-state index is -3.31. The first-order valence-electron chi connectivity index (χ1n) is 4.90. The van der Waals surface area contributed by atoms with Crippen LogP contribution in [0.1, 0.15) is 6.42 Å². The molecule has 2 rings (SSSR count). The van der Waals surface area contributed by atoms with Crippen LogP contribution in [0.2, 0.25) is 0 Å². The van der Waals surface area contributed by atoms with E-state index in [0.717, 1.165) is 6.26 Å². The smallest absolute Gasteiger partial charge is 0.335 e. The van der Waals surface area contributed by atoms with Crippen LogP contribution in [-0.2, 0) is 19.6 Å². The molecule has 2 heterocycles. The highest BCUT2D eigenvalue weighted by molar-refractivity contribution is 7.88. The Morgan fingerprint density at radius 2 is 2.19 bits per heavy atom. The number of methoxy groups -OCH3 is 1. The third-order valence-corrected chi connectivity index (χ3v) is 4.08. The predicted octanol–water partition coefficient (Wildman–Crippen LogP) is 0.0581. The summed E-state index contributed by atoms with van der Waals surface area (Å²) >= 11 is 0. The number of sulfonamides is 1. The van der Waals surface area contributed by atoms with Crippen LogP contribution in [0, 0.1) is 0 Å². The monoisotopic (exact) mass is 243 g/mol. The number of hydrogen-bond donors (Lipinski definition) is 0. The van der Waals surface area contributed by atoms with Gasteiger partial charge in [-0.3, -0.25) is 0 Å². The summed E-state index contributed by atoms with van der Waals surface area (Å²) in [5, 5.41) is 0. The van der Waals surface area contributed by atoms with Gasteiger partial charge in [0, 0.05) is 6.04 Å². The van der Waals surface area contributed by atoms with Gasteiger partial charge in [0.05, 0.1) is 25.0 Å². The van der Waals surface area contributed by atoms with Crippen LogP contribution >= 0.6 is 0 Å². The number of ether oxygens (including phenoxy) is 1. The SMILES string of the molecule is COC(=O)C1=CC[C@@H]2C=C[C@H]1N2S(C)(=O)=O. The molecule has 0 unspecified atom stereocenters. The van der Waals surface area contributed by atoms with Crippen LogP contribution in [0.15, 0.2) is 23.8 Å². The van der Waals surface area contributed by atoms with Gasteiger partial charge in [-0.25, -0.2) is 13.2 Å². The number of nitrogens with zero attached hydrogens (tertiary/aromatic N) is 1. The first-order valence-corrected chi connectivity index (χ1v) is 6.75. The van der Waals surface area contributed by atoms with Gasteiger partial charge < -0.3 is 4.74 Å². The van der Waals surface area contributed by atoms with Crippen molar-refractivity contribution in [1.29, 1.82) is 0 Å². The molecule has 0 aromatic carbocycles. The third kappa shape index (κ3) is 1.68. The molecule has 0 amide bonds. The minimum Gasteiger partial charge on any atom is -0.466 e. The summed E-state index contributed by atoms with van der Waals surface area (Å²) in [6.45, 7) is 0. The fourth-order valence-electron chi connectivity index (χ4n) is 2.18. The number of carbonyl (C=O) groups is 1. The van der Waals surface area contributed by atoms with E-state index in [2.05, 4.69) is 4.74 Å². The lowest BCUT2D eigenvalue weighted by Crippen LogP contribution is -2.45. The normalized spacial score (nSPS) is 29.0. The summed E-state index contributed by atoms with van der Waals surface area (Å²) < 4.78 is 29.2. The molecule has 6 heteroatoms. The van der Waals surface area contributed by atoms with E-state index in [1.165, 1.54) is 11.4 Å². The van der Waals surface area contributed by atoms with Gasteiger partial charge in [-0.1, -0.05) is 18.2 Å². The molecule has 0 saturated carbocycles. The van der Waals surface area contributed by atoms with Gasteiger partial charge >= 0.3 is 5.97 Å². The van der Waals surface area contributed by atoms with Crippen molar-refractivity contribution < 1.29 is 17.9 Å². The molecule has 5 nitrogen and oxygen atoms in total. The molecular formula is C10H13NO4S. The van der Waals surface area contributed by atoms with Gasteiger partial charge in [0.2, 0.25) is 10.0 Å². The molecule has 2 bridgehead atoms. The predicted molar refractivity (Wildman–Crippen MR) is 58.1 cm³/mol. The van der Waals surface area contributed by atoms with E-state index in [1.807, 2.05) is 6.08 Å². The number of hydrogen-bond acceptors (Lipinski definition) is 4. The highest BCUT2D eigenvalue weighted by atomic mass is 32.2. The maximum Gasteiger partial charge on any atom is 0.335 e. The molecule has 0 N–H and O–H groups in total. The Bertz CT molecular complexity index is 477. The zero-order valence-electron chi connectivity index (χ0n) is 9.08. The molecule has 2 atom stereocenters. The van der Waals surface area contributed by atoms with Crippen molar-refractivity contribution in [2.75, 3.05) is 13.4 Å². The lowest BCUT2D eigenvalue weighted by Gasteiger charge is -2.31. The molecule has 0 aromatic rings. The Kier molecular flexibility index (Phi) is 2.63. The number of esters is 1. The Hall–Kier alpha value is -1.14. The molecule has 0 spiro atoms. The van der Waals surface area contributed by atoms with Gasteiger partial charge in [0.15, 0.2) is 0 Å². The van der Waals surface area contributed by atoms with E-state index < -0.39 is 22.0 Å². The molecule has 88 valence electrons. The van der Waals surface area contributed by atoms with Gasteiger partial charge in [0.1, 0.15) is 0 Å². The lowest BCUT2D eigenvalue weighted by atomic mass is 10.0. The molecule has 0 aliphatic carbocycles. The molecule has 2 aliphatic heterocycles. The highest BCUT2D eigenvalue weighted by Crippen LogP contribution is 2.32. The van der Waals surface area contributed by atoms with E-state index in [-0.39, 0.29) is 6.04 Å². The minimum absolute atomic E-state index is 0.159. The fourth-order valence-corrected chi connectivity index (χ4v) is 3.42. The lowest BCUT2D eigenvalue weighted by molar-refractivity contribution is -0.136. The quantitative estimate of drug-likeness (QED) is 0.508. The van der Waals surface area contributed by atoms with E-state index in [0.29, 0.717) is 12.0 Å². The van der Waals surface area contributed by atoms with Crippen LogP contribution in [-0.4, -0.2) is 44.1 Å². The molecule has 0 fully saturated rings. The number of carbonyl (C=O) groups excluding carboxylic acids is 1. The number of fused-ring (bicyclic) bond motifs is 2. The molecule has 0 radical (unpaired) electrons.